The van der Waals surface area contributed by atoms with Crippen LogP contribution >= 0.6 is 23.2 Å². The third-order valence-corrected chi connectivity index (χ3v) is 10.3. The molecule has 1 aliphatic heterocycles. The van der Waals surface area contributed by atoms with Gasteiger partial charge < -0.3 is 0 Å². The molecule has 1 heterocycles. The molecule has 12 heteroatoms. The molecule has 1 aliphatic rings. The minimum absolute atomic E-state index is 0.0136. The van der Waals surface area contributed by atoms with Gasteiger partial charge in [-0.1, -0.05) is 29.3 Å². The molecule has 0 spiro atoms. The Balaban J connectivity index is 1.94. The van der Waals surface area contributed by atoms with Crippen LogP contribution in [0.4, 0.5) is 5.69 Å². The molecule has 28 heavy (non-hydrogen) atoms. The zero-order valence-electron chi connectivity index (χ0n) is 14.2. The molecule has 1 saturated heterocycles. The van der Waals surface area contributed by atoms with E-state index in [-0.39, 0.29) is 32.7 Å². The number of benzene rings is 2. The number of rotatable bonds is 5. The summed E-state index contributed by atoms with van der Waals surface area (Å²) in [5, 5.41) is -0.683. The Kier molecular flexibility index (Phi) is 5.72. The highest BCUT2D eigenvalue weighted by atomic mass is 35.5. The number of sulfone groups is 2. The minimum Gasteiger partial charge on any atom is -0.278 e. The summed E-state index contributed by atoms with van der Waals surface area (Å²) < 4.78 is 76.3. The maximum absolute atomic E-state index is 12.7. The first kappa shape index (κ1) is 21.4. The lowest BCUT2D eigenvalue weighted by Crippen LogP contribution is -2.23. The van der Waals surface area contributed by atoms with Crippen molar-refractivity contribution in [1.29, 1.82) is 0 Å². The van der Waals surface area contributed by atoms with E-state index < -0.39 is 40.7 Å². The van der Waals surface area contributed by atoms with E-state index in [4.69, 9.17) is 23.2 Å². The van der Waals surface area contributed by atoms with Crippen molar-refractivity contribution >= 4 is 58.6 Å². The number of halogens is 2. The summed E-state index contributed by atoms with van der Waals surface area (Å²) in [4.78, 5) is -0.542. The first-order chi connectivity index (χ1) is 12.9. The van der Waals surface area contributed by atoms with E-state index in [1.165, 1.54) is 36.4 Å². The monoisotopic (exact) mass is 483 g/mol. The van der Waals surface area contributed by atoms with Crippen LogP contribution in [0.1, 0.15) is 6.42 Å². The topological polar surface area (TPSA) is 114 Å². The summed E-state index contributed by atoms with van der Waals surface area (Å²) in [6.45, 7) is 0. The molecule has 152 valence electrons. The van der Waals surface area contributed by atoms with E-state index in [0.29, 0.717) is 5.02 Å². The average molecular weight is 484 g/mol. The van der Waals surface area contributed by atoms with Crippen LogP contribution in [0, 0.1) is 0 Å². The first-order valence-electron chi connectivity index (χ1n) is 7.93. The van der Waals surface area contributed by atoms with Gasteiger partial charge in [0.15, 0.2) is 19.7 Å². The van der Waals surface area contributed by atoms with E-state index in [1.807, 2.05) is 0 Å². The van der Waals surface area contributed by atoms with Crippen molar-refractivity contribution in [2.45, 2.75) is 21.5 Å². The summed E-state index contributed by atoms with van der Waals surface area (Å²) in [5.41, 5.74) is 0.0845. The van der Waals surface area contributed by atoms with Gasteiger partial charge in [-0.05, 0) is 42.8 Å². The van der Waals surface area contributed by atoms with Crippen LogP contribution in [-0.2, 0) is 29.7 Å². The summed E-state index contributed by atoms with van der Waals surface area (Å²) in [5.74, 6) is -0.670. The van der Waals surface area contributed by atoms with Crippen molar-refractivity contribution in [3.63, 3.8) is 0 Å². The van der Waals surface area contributed by atoms with Crippen molar-refractivity contribution in [1.82, 2.24) is 0 Å². The lowest BCUT2D eigenvalue weighted by molar-refractivity contribution is 0.582. The normalized spacial score (nSPS) is 19.4. The second kappa shape index (κ2) is 7.49. The second-order valence-corrected chi connectivity index (χ2v) is 13.3. The Morgan fingerprint density at radius 1 is 0.964 bits per heavy atom. The number of sulfonamides is 1. The van der Waals surface area contributed by atoms with E-state index >= 15 is 0 Å². The Morgan fingerprint density at radius 3 is 2.25 bits per heavy atom. The SMILES string of the molecule is O=S1(=O)CCC(S(=O)(=O)c2cccc(S(=O)(=O)Nc3ccc(Cl)cc3Cl)c2)C1. The fourth-order valence-electron chi connectivity index (χ4n) is 2.79. The van der Waals surface area contributed by atoms with Crippen molar-refractivity contribution in [2.75, 3.05) is 16.2 Å². The standard InChI is InChI=1S/C16H15Cl2NO6S3/c17-11-4-5-16(15(18)8-11)19-28(24,25)13-3-1-2-12(9-13)27(22,23)14-6-7-26(20,21)10-14/h1-5,8-9,14,19H,6-7,10H2. The van der Waals surface area contributed by atoms with Crippen LogP contribution in [-0.4, -0.2) is 42.0 Å². The van der Waals surface area contributed by atoms with Gasteiger partial charge in [-0.2, -0.15) is 0 Å². The van der Waals surface area contributed by atoms with E-state index in [1.54, 1.807) is 0 Å². The van der Waals surface area contributed by atoms with Crippen LogP contribution < -0.4 is 4.72 Å². The Bertz CT molecular complexity index is 1240. The summed E-state index contributed by atoms with van der Waals surface area (Å²) >= 11 is 11.8. The molecular weight excluding hydrogens is 469 g/mol. The van der Waals surface area contributed by atoms with Crippen LogP contribution in [0.25, 0.3) is 0 Å². The zero-order chi connectivity index (χ0) is 20.7. The molecule has 0 aromatic heterocycles. The lowest BCUT2D eigenvalue weighted by atomic mass is 10.3. The van der Waals surface area contributed by atoms with Crippen LogP contribution in [0.2, 0.25) is 10.0 Å². The highest BCUT2D eigenvalue weighted by molar-refractivity contribution is 7.96. The van der Waals surface area contributed by atoms with Gasteiger partial charge in [0.2, 0.25) is 0 Å². The van der Waals surface area contributed by atoms with Gasteiger partial charge in [-0.3, -0.25) is 4.72 Å². The molecule has 3 rings (SSSR count). The Labute approximate surface area is 173 Å². The van der Waals surface area contributed by atoms with E-state index in [2.05, 4.69) is 4.72 Å². The molecule has 2 aromatic carbocycles. The van der Waals surface area contributed by atoms with Crippen molar-refractivity contribution in [3.8, 4) is 0 Å². The largest absolute Gasteiger partial charge is 0.278 e. The fraction of sp³-hybridized carbons (Fsp3) is 0.250. The number of hydrogen-bond donors (Lipinski definition) is 1. The van der Waals surface area contributed by atoms with E-state index in [0.717, 1.165) is 6.07 Å². The lowest BCUT2D eigenvalue weighted by Gasteiger charge is -2.13. The number of hydrogen-bond acceptors (Lipinski definition) is 6. The van der Waals surface area contributed by atoms with Crippen molar-refractivity contribution in [3.05, 3.63) is 52.5 Å². The van der Waals surface area contributed by atoms with Gasteiger partial charge in [0.25, 0.3) is 10.0 Å². The molecule has 0 saturated carbocycles. The van der Waals surface area contributed by atoms with Crippen LogP contribution in [0.15, 0.2) is 52.3 Å². The van der Waals surface area contributed by atoms with Crippen molar-refractivity contribution in [2.24, 2.45) is 0 Å². The molecule has 1 atom stereocenters. The predicted molar refractivity (Wildman–Crippen MR) is 108 cm³/mol. The van der Waals surface area contributed by atoms with Crippen LogP contribution in [0.5, 0.6) is 0 Å². The number of anilines is 1. The van der Waals surface area contributed by atoms with Gasteiger partial charge in [0.1, 0.15) is 0 Å². The van der Waals surface area contributed by atoms with Crippen LogP contribution in [0.3, 0.4) is 0 Å². The smallest absolute Gasteiger partial charge is 0.261 e. The molecule has 0 radical (unpaired) electrons. The van der Waals surface area contributed by atoms with E-state index in [9.17, 15) is 25.3 Å². The molecular formula is C16H15Cl2NO6S3. The number of nitrogens with one attached hydrogen (secondary N) is 1. The van der Waals surface area contributed by atoms with Gasteiger partial charge >= 0.3 is 0 Å². The zero-order valence-corrected chi connectivity index (χ0v) is 18.1. The molecule has 2 aromatic rings. The molecule has 0 aliphatic carbocycles. The highest BCUT2D eigenvalue weighted by Gasteiger charge is 2.38. The quantitative estimate of drug-likeness (QED) is 0.698. The van der Waals surface area contributed by atoms with Gasteiger partial charge in [0, 0.05) is 5.02 Å². The highest BCUT2D eigenvalue weighted by Crippen LogP contribution is 2.30. The fourth-order valence-corrected chi connectivity index (χ4v) is 8.91. The van der Waals surface area contributed by atoms with Gasteiger partial charge in [0.05, 0.1) is 37.3 Å². The predicted octanol–water partition coefficient (Wildman–Crippen LogP) is 2.76. The third-order valence-electron chi connectivity index (χ3n) is 4.25. The van der Waals surface area contributed by atoms with Crippen molar-refractivity contribution < 1.29 is 25.3 Å². The van der Waals surface area contributed by atoms with Gasteiger partial charge in [-0.25, -0.2) is 25.3 Å². The van der Waals surface area contributed by atoms with Gasteiger partial charge in [-0.15, -0.1) is 0 Å². The Hall–Kier alpha value is -1.33. The minimum atomic E-state index is -4.14. The molecule has 1 unspecified atom stereocenters. The summed E-state index contributed by atoms with van der Waals surface area (Å²) in [6.07, 6.45) is -0.0136. The summed E-state index contributed by atoms with van der Waals surface area (Å²) in [6, 6.07) is 8.97. The molecule has 0 amide bonds. The third kappa shape index (κ3) is 4.46. The second-order valence-electron chi connectivity index (χ2n) is 6.27. The summed E-state index contributed by atoms with van der Waals surface area (Å²) in [7, 11) is -11.5. The Morgan fingerprint density at radius 2 is 1.64 bits per heavy atom. The maximum Gasteiger partial charge on any atom is 0.261 e. The maximum atomic E-state index is 12.7. The molecule has 0 bridgehead atoms. The molecule has 7 nitrogen and oxygen atoms in total. The first-order valence-corrected chi connectivity index (χ1v) is 13.5. The average Bonchev–Trinajstić information content (AvgIpc) is 2.98. The molecule has 1 N–H and O–H groups in total. The molecule has 1 fully saturated rings.